The second-order valence-electron chi connectivity index (χ2n) is 4.39. The van der Waals surface area contributed by atoms with Gasteiger partial charge >= 0.3 is 0 Å². The van der Waals surface area contributed by atoms with Crippen LogP contribution in [0.4, 0.5) is 0 Å². The normalized spacial score (nSPS) is 31.6. The first-order valence-electron chi connectivity index (χ1n) is 5.55. The fourth-order valence-electron chi connectivity index (χ4n) is 2.43. The van der Waals surface area contributed by atoms with E-state index in [1.807, 2.05) is 0 Å². The van der Waals surface area contributed by atoms with Gasteiger partial charge in [-0.25, -0.2) is 0 Å². The van der Waals surface area contributed by atoms with Crippen LogP contribution in [0.5, 0.6) is 0 Å². The van der Waals surface area contributed by atoms with Gasteiger partial charge in [-0.15, -0.1) is 0 Å². The van der Waals surface area contributed by atoms with E-state index < -0.39 is 0 Å². The maximum Gasteiger partial charge on any atom is 0.0345 e. The minimum atomic E-state index is 0.834. The molecule has 0 amide bonds. The van der Waals surface area contributed by atoms with E-state index in [0.29, 0.717) is 0 Å². The van der Waals surface area contributed by atoms with Crippen molar-refractivity contribution < 1.29 is 0 Å². The second kappa shape index (κ2) is 4.40. The number of nitrogens with one attached hydrogen (secondary N) is 1. The molecule has 0 bridgehead atoms. The molecule has 0 aliphatic carbocycles. The van der Waals surface area contributed by atoms with E-state index in [-0.39, 0.29) is 0 Å². The molecular formula is C10H21N3. The van der Waals surface area contributed by atoms with E-state index in [4.69, 9.17) is 5.73 Å². The van der Waals surface area contributed by atoms with Crippen LogP contribution in [0.3, 0.4) is 0 Å². The minimum absolute atomic E-state index is 0.834. The highest BCUT2D eigenvalue weighted by Gasteiger charge is 2.28. The topological polar surface area (TPSA) is 41.3 Å². The fourth-order valence-corrected chi connectivity index (χ4v) is 2.43. The lowest BCUT2D eigenvalue weighted by atomic mass is 9.93. The van der Waals surface area contributed by atoms with Gasteiger partial charge in [-0.05, 0) is 38.3 Å². The third kappa shape index (κ3) is 2.22. The first kappa shape index (κ1) is 9.44. The van der Waals surface area contributed by atoms with Gasteiger partial charge in [0.25, 0.3) is 0 Å². The van der Waals surface area contributed by atoms with Gasteiger partial charge in [0.05, 0.1) is 0 Å². The van der Waals surface area contributed by atoms with Crippen LogP contribution in [0.1, 0.15) is 19.3 Å². The molecule has 2 rings (SSSR count). The first-order valence-corrected chi connectivity index (χ1v) is 5.55. The number of hydrogen-bond donors (Lipinski definition) is 2. The lowest BCUT2D eigenvalue weighted by molar-refractivity contribution is 0.0887. The minimum Gasteiger partial charge on any atom is -0.330 e. The predicted octanol–water partition coefficient (Wildman–Crippen LogP) is 0.0190. The van der Waals surface area contributed by atoms with Crippen LogP contribution in [0.15, 0.2) is 0 Å². The van der Waals surface area contributed by atoms with Gasteiger partial charge in [0, 0.05) is 25.7 Å². The zero-order valence-electron chi connectivity index (χ0n) is 8.34. The van der Waals surface area contributed by atoms with E-state index in [9.17, 15) is 0 Å². The molecule has 3 N–H and O–H groups in total. The van der Waals surface area contributed by atoms with Crippen LogP contribution < -0.4 is 11.1 Å². The van der Waals surface area contributed by atoms with Gasteiger partial charge in [-0.2, -0.15) is 0 Å². The molecule has 3 heteroatoms. The average Bonchev–Trinajstić information content (AvgIpc) is 2.02. The summed E-state index contributed by atoms with van der Waals surface area (Å²) in [7, 11) is 0. The first-order chi connectivity index (χ1) is 6.40. The predicted molar refractivity (Wildman–Crippen MR) is 54.6 cm³/mol. The van der Waals surface area contributed by atoms with E-state index in [0.717, 1.165) is 18.5 Å². The molecule has 13 heavy (non-hydrogen) atoms. The van der Waals surface area contributed by atoms with Crippen LogP contribution in [0, 0.1) is 5.92 Å². The maximum absolute atomic E-state index is 5.60. The van der Waals surface area contributed by atoms with Crippen molar-refractivity contribution >= 4 is 0 Å². The summed E-state index contributed by atoms with van der Waals surface area (Å²) in [6, 6.07) is 0.834. The third-order valence-electron chi connectivity index (χ3n) is 3.40. The molecular weight excluding hydrogens is 162 g/mol. The lowest BCUT2D eigenvalue weighted by Gasteiger charge is -2.42. The third-order valence-corrected chi connectivity index (χ3v) is 3.40. The number of likely N-dealkylation sites (tertiary alicyclic amines) is 1. The highest BCUT2D eigenvalue weighted by atomic mass is 15.2. The van der Waals surface area contributed by atoms with Gasteiger partial charge < -0.3 is 11.1 Å². The zero-order valence-corrected chi connectivity index (χ0v) is 8.34. The summed E-state index contributed by atoms with van der Waals surface area (Å²) < 4.78 is 0. The Morgan fingerprint density at radius 1 is 1.38 bits per heavy atom. The smallest absolute Gasteiger partial charge is 0.0345 e. The molecule has 3 nitrogen and oxygen atoms in total. The van der Waals surface area contributed by atoms with Crippen LogP contribution in [0.2, 0.25) is 0 Å². The highest BCUT2D eigenvalue weighted by molar-refractivity contribution is 4.87. The van der Waals surface area contributed by atoms with Crippen molar-refractivity contribution in [1.29, 1.82) is 0 Å². The van der Waals surface area contributed by atoms with Crippen molar-refractivity contribution in [1.82, 2.24) is 10.2 Å². The molecule has 76 valence electrons. The molecule has 0 saturated carbocycles. The number of nitrogens with two attached hydrogens (primary N) is 1. The van der Waals surface area contributed by atoms with Crippen LogP contribution in [-0.2, 0) is 0 Å². The SMILES string of the molecule is NCCC1CCCN(C2CNC2)C1. The fraction of sp³-hybridized carbons (Fsp3) is 1.00. The van der Waals surface area contributed by atoms with Crippen molar-refractivity contribution in [3.8, 4) is 0 Å². The van der Waals surface area contributed by atoms with Crippen molar-refractivity contribution in [2.45, 2.75) is 25.3 Å². The van der Waals surface area contributed by atoms with Gasteiger partial charge in [-0.1, -0.05) is 0 Å². The van der Waals surface area contributed by atoms with E-state index >= 15 is 0 Å². The molecule has 0 spiro atoms. The zero-order chi connectivity index (χ0) is 9.10. The summed E-state index contributed by atoms with van der Waals surface area (Å²) in [6.07, 6.45) is 3.99. The quantitative estimate of drug-likeness (QED) is 0.648. The molecule has 0 radical (unpaired) electrons. The van der Waals surface area contributed by atoms with Crippen LogP contribution >= 0.6 is 0 Å². The van der Waals surface area contributed by atoms with Crippen molar-refractivity contribution in [3.05, 3.63) is 0 Å². The molecule has 2 aliphatic rings. The standard InChI is InChI=1S/C10H21N3/c11-4-3-9-2-1-5-13(8-9)10-6-12-7-10/h9-10,12H,1-8,11H2. The molecule has 1 unspecified atom stereocenters. The Balaban J connectivity index is 1.77. The molecule has 2 heterocycles. The Morgan fingerprint density at radius 3 is 2.85 bits per heavy atom. The Labute approximate surface area is 80.7 Å². The number of rotatable bonds is 3. The summed E-state index contributed by atoms with van der Waals surface area (Å²) in [5.74, 6) is 0.874. The number of hydrogen-bond acceptors (Lipinski definition) is 3. The number of piperidine rings is 1. The van der Waals surface area contributed by atoms with Gasteiger partial charge in [-0.3, -0.25) is 4.90 Å². The summed E-state index contributed by atoms with van der Waals surface area (Å²) in [4.78, 5) is 2.65. The van der Waals surface area contributed by atoms with Crippen molar-refractivity contribution in [2.75, 3.05) is 32.7 Å². The monoisotopic (exact) mass is 183 g/mol. The van der Waals surface area contributed by atoms with E-state index in [2.05, 4.69) is 10.2 Å². The van der Waals surface area contributed by atoms with E-state index in [1.54, 1.807) is 0 Å². The Hall–Kier alpha value is -0.120. The highest BCUT2D eigenvalue weighted by Crippen LogP contribution is 2.21. The van der Waals surface area contributed by atoms with Gasteiger partial charge in [0.1, 0.15) is 0 Å². The lowest BCUT2D eigenvalue weighted by Crippen LogP contribution is -2.59. The Morgan fingerprint density at radius 2 is 2.23 bits per heavy atom. The van der Waals surface area contributed by atoms with Crippen LogP contribution in [-0.4, -0.2) is 43.7 Å². The summed E-state index contributed by atoms with van der Waals surface area (Å²) >= 11 is 0. The van der Waals surface area contributed by atoms with E-state index in [1.165, 1.54) is 45.4 Å². The molecule has 2 saturated heterocycles. The molecule has 0 aromatic carbocycles. The summed E-state index contributed by atoms with van der Waals surface area (Å²) in [5.41, 5.74) is 5.60. The van der Waals surface area contributed by atoms with Crippen molar-refractivity contribution in [2.24, 2.45) is 11.7 Å². The largest absolute Gasteiger partial charge is 0.330 e. The molecule has 1 atom stereocenters. The molecule has 0 aromatic heterocycles. The van der Waals surface area contributed by atoms with Gasteiger partial charge in [0.2, 0.25) is 0 Å². The molecule has 2 aliphatic heterocycles. The van der Waals surface area contributed by atoms with Crippen LogP contribution in [0.25, 0.3) is 0 Å². The number of nitrogens with zero attached hydrogens (tertiary/aromatic N) is 1. The average molecular weight is 183 g/mol. The molecule has 2 fully saturated rings. The maximum atomic E-state index is 5.60. The molecule has 0 aromatic rings. The second-order valence-corrected chi connectivity index (χ2v) is 4.39. The Bertz CT molecular complexity index is 154. The van der Waals surface area contributed by atoms with Gasteiger partial charge in [0.15, 0.2) is 0 Å². The summed E-state index contributed by atoms with van der Waals surface area (Å²) in [6.45, 7) is 5.88. The summed E-state index contributed by atoms with van der Waals surface area (Å²) in [5, 5.41) is 3.34. The Kier molecular flexibility index (Phi) is 3.19. The van der Waals surface area contributed by atoms with Crippen molar-refractivity contribution in [3.63, 3.8) is 0 Å².